The molecule has 1 saturated heterocycles. The quantitative estimate of drug-likeness (QED) is 0.821. The fourth-order valence-electron chi connectivity index (χ4n) is 1.88. The number of hydrogen-bond acceptors (Lipinski definition) is 2. The Balaban J connectivity index is 2.13. The number of nitrogens with zero attached hydrogens (tertiary/aromatic N) is 1. The van der Waals surface area contributed by atoms with Crippen molar-refractivity contribution in [2.24, 2.45) is 0 Å². The third-order valence-corrected chi connectivity index (χ3v) is 3.05. The third-order valence-electron chi connectivity index (χ3n) is 3.05. The summed E-state index contributed by atoms with van der Waals surface area (Å²) in [7, 11) is 0. The van der Waals surface area contributed by atoms with Crippen LogP contribution in [-0.2, 0) is 16.1 Å². The molecule has 1 aromatic carbocycles. The number of benzene rings is 1. The highest BCUT2D eigenvalue weighted by Crippen LogP contribution is 2.12. The summed E-state index contributed by atoms with van der Waals surface area (Å²) in [6.07, 6.45) is 0. The van der Waals surface area contributed by atoms with Gasteiger partial charge in [0.05, 0.1) is 6.54 Å². The van der Waals surface area contributed by atoms with Crippen LogP contribution < -0.4 is 5.32 Å². The minimum absolute atomic E-state index is 0.0299. The summed E-state index contributed by atoms with van der Waals surface area (Å²) in [4.78, 5) is 24.8. The van der Waals surface area contributed by atoms with E-state index in [2.05, 4.69) is 5.32 Å². The highest BCUT2D eigenvalue weighted by Gasteiger charge is 2.30. The summed E-state index contributed by atoms with van der Waals surface area (Å²) >= 11 is 0. The number of carbonyl (C=O) groups is 2. The second-order valence-corrected chi connectivity index (χ2v) is 4.40. The second kappa shape index (κ2) is 4.57. The largest absolute Gasteiger partial charge is 0.345 e. The van der Waals surface area contributed by atoms with Gasteiger partial charge >= 0.3 is 0 Å². The van der Waals surface area contributed by atoms with E-state index in [-0.39, 0.29) is 18.4 Å². The van der Waals surface area contributed by atoms with Crippen molar-refractivity contribution >= 4 is 11.8 Å². The minimum Gasteiger partial charge on any atom is -0.345 e. The van der Waals surface area contributed by atoms with Crippen molar-refractivity contribution in [3.05, 3.63) is 35.4 Å². The van der Waals surface area contributed by atoms with E-state index < -0.39 is 6.04 Å². The zero-order valence-electron chi connectivity index (χ0n) is 10.1. The lowest BCUT2D eigenvalue weighted by Gasteiger charge is -2.32. The molecule has 0 aliphatic carbocycles. The predicted octanol–water partition coefficient (Wildman–Crippen LogP) is 0.842. The predicted molar refractivity (Wildman–Crippen MR) is 64.2 cm³/mol. The van der Waals surface area contributed by atoms with Crippen LogP contribution in [0.5, 0.6) is 0 Å². The van der Waals surface area contributed by atoms with Crippen LogP contribution in [0, 0.1) is 6.92 Å². The highest BCUT2D eigenvalue weighted by molar-refractivity contribution is 5.94. The summed E-state index contributed by atoms with van der Waals surface area (Å²) in [5.74, 6) is -0.116. The van der Waals surface area contributed by atoms with Crippen molar-refractivity contribution in [2.75, 3.05) is 6.54 Å². The summed E-state index contributed by atoms with van der Waals surface area (Å²) in [5, 5.41) is 2.58. The van der Waals surface area contributed by atoms with Gasteiger partial charge < -0.3 is 10.2 Å². The molecule has 4 nitrogen and oxygen atoms in total. The molecule has 1 heterocycles. The first-order valence-electron chi connectivity index (χ1n) is 5.70. The molecule has 1 aliphatic rings. The lowest BCUT2D eigenvalue weighted by Crippen LogP contribution is -2.56. The van der Waals surface area contributed by atoms with E-state index >= 15 is 0 Å². The molecule has 90 valence electrons. The molecule has 4 heteroatoms. The maximum absolute atomic E-state index is 11.7. The average Bonchev–Trinajstić information content (AvgIpc) is 2.32. The first-order valence-corrected chi connectivity index (χ1v) is 5.70. The van der Waals surface area contributed by atoms with E-state index in [0.717, 1.165) is 5.56 Å². The Bertz CT molecular complexity index is 439. The Hall–Kier alpha value is -1.84. The number of rotatable bonds is 2. The van der Waals surface area contributed by atoms with E-state index in [9.17, 15) is 9.59 Å². The van der Waals surface area contributed by atoms with Gasteiger partial charge in [-0.3, -0.25) is 9.59 Å². The number of amides is 2. The van der Waals surface area contributed by atoms with Gasteiger partial charge in [-0.05, 0) is 19.4 Å². The summed E-state index contributed by atoms with van der Waals surface area (Å²) in [6.45, 7) is 4.37. The number of carbonyl (C=O) groups excluding carboxylic acids is 2. The SMILES string of the molecule is Cc1ccc(CN2C(=O)CNC(=O)C2C)cc1. The monoisotopic (exact) mass is 232 g/mol. The van der Waals surface area contributed by atoms with Crippen LogP contribution >= 0.6 is 0 Å². The van der Waals surface area contributed by atoms with Gasteiger partial charge in [0.2, 0.25) is 11.8 Å². The molecule has 1 atom stereocenters. The first kappa shape index (κ1) is 11.6. The lowest BCUT2D eigenvalue weighted by atomic mass is 10.1. The molecule has 1 fully saturated rings. The van der Waals surface area contributed by atoms with Crippen LogP contribution in [0.3, 0.4) is 0 Å². The topological polar surface area (TPSA) is 49.4 Å². The fourth-order valence-corrected chi connectivity index (χ4v) is 1.88. The van der Waals surface area contributed by atoms with Gasteiger partial charge in [-0.15, -0.1) is 0 Å². The van der Waals surface area contributed by atoms with Gasteiger partial charge in [0, 0.05) is 6.54 Å². The molecule has 1 aromatic rings. The molecule has 17 heavy (non-hydrogen) atoms. The van der Waals surface area contributed by atoms with E-state index in [0.29, 0.717) is 6.54 Å². The number of piperazine rings is 1. The molecule has 0 saturated carbocycles. The Morgan fingerprint density at radius 1 is 1.29 bits per heavy atom. The molecule has 0 aromatic heterocycles. The van der Waals surface area contributed by atoms with Gasteiger partial charge in [0.15, 0.2) is 0 Å². The molecule has 1 N–H and O–H groups in total. The molecular weight excluding hydrogens is 216 g/mol. The molecule has 2 rings (SSSR count). The third kappa shape index (κ3) is 2.46. The Kier molecular flexibility index (Phi) is 3.13. The van der Waals surface area contributed by atoms with Crippen molar-refractivity contribution in [3.63, 3.8) is 0 Å². The number of hydrogen-bond donors (Lipinski definition) is 1. The van der Waals surface area contributed by atoms with Crippen molar-refractivity contribution in [3.8, 4) is 0 Å². The van der Waals surface area contributed by atoms with Gasteiger partial charge in [-0.2, -0.15) is 0 Å². The smallest absolute Gasteiger partial charge is 0.242 e. The van der Waals surface area contributed by atoms with Crippen molar-refractivity contribution in [2.45, 2.75) is 26.4 Å². The molecule has 1 aliphatic heterocycles. The Labute approximate surface area is 101 Å². The van der Waals surface area contributed by atoms with E-state index in [1.807, 2.05) is 31.2 Å². The molecule has 1 unspecified atom stereocenters. The minimum atomic E-state index is -0.391. The fraction of sp³-hybridized carbons (Fsp3) is 0.385. The van der Waals surface area contributed by atoms with Crippen LogP contribution in [0.25, 0.3) is 0 Å². The van der Waals surface area contributed by atoms with E-state index in [1.165, 1.54) is 5.56 Å². The zero-order chi connectivity index (χ0) is 12.4. The van der Waals surface area contributed by atoms with Gasteiger partial charge in [0.1, 0.15) is 6.04 Å². The van der Waals surface area contributed by atoms with Crippen LogP contribution in [0.15, 0.2) is 24.3 Å². The van der Waals surface area contributed by atoms with Crippen LogP contribution in [-0.4, -0.2) is 29.3 Å². The Morgan fingerprint density at radius 2 is 1.94 bits per heavy atom. The maximum atomic E-state index is 11.7. The molecule has 2 amide bonds. The van der Waals surface area contributed by atoms with Crippen molar-refractivity contribution < 1.29 is 9.59 Å². The van der Waals surface area contributed by atoms with E-state index in [1.54, 1.807) is 11.8 Å². The molecule has 0 radical (unpaired) electrons. The van der Waals surface area contributed by atoms with Gasteiger partial charge in [-0.25, -0.2) is 0 Å². The Morgan fingerprint density at radius 3 is 2.59 bits per heavy atom. The maximum Gasteiger partial charge on any atom is 0.242 e. The summed E-state index contributed by atoms with van der Waals surface area (Å²) < 4.78 is 0. The summed E-state index contributed by atoms with van der Waals surface area (Å²) in [5.41, 5.74) is 2.23. The molecular formula is C13H16N2O2. The van der Waals surface area contributed by atoms with Crippen molar-refractivity contribution in [1.82, 2.24) is 10.2 Å². The molecule has 0 spiro atoms. The average molecular weight is 232 g/mol. The van der Waals surface area contributed by atoms with E-state index in [4.69, 9.17) is 0 Å². The molecule has 0 bridgehead atoms. The van der Waals surface area contributed by atoms with Gasteiger partial charge in [0.25, 0.3) is 0 Å². The van der Waals surface area contributed by atoms with Gasteiger partial charge in [-0.1, -0.05) is 29.8 Å². The number of nitrogens with one attached hydrogen (secondary N) is 1. The first-order chi connectivity index (χ1) is 8.08. The zero-order valence-corrected chi connectivity index (χ0v) is 10.1. The number of aryl methyl sites for hydroxylation is 1. The highest BCUT2D eigenvalue weighted by atomic mass is 16.2. The van der Waals surface area contributed by atoms with Crippen LogP contribution in [0.2, 0.25) is 0 Å². The lowest BCUT2D eigenvalue weighted by molar-refractivity contribution is -0.145. The van der Waals surface area contributed by atoms with Crippen molar-refractivity contribution in [1.29, 1.82) is 0 Å². The second-order valence-electron chi connectivity index (χ2n) is 4.40. The summed E-state index contributed by atoms with van der Waals surface area (Å²) in [6, 6.07) is 7.60. The normalized spacial score (nSPS) is 20.4. The van der Waals surface area contributed by atoms with Crippen LogP contribution in [0.1, 0.15) is 18.1 Å². The standard InChI is InChI=1S/C13H16N2O2/c1-9-3-5-11(6-4-9)8-15-10(2)13(17)14-7-12(15)16/h3-6,10H,7-8H2,1-2H3,(H,14,17). The van der Waals surface area contributed by atoms with Crippen LogP contribution in [0.4, 0.5) is 0 Å².